The number of rotatable bonds is 5. The minimum Gasteiger partial charge on any atom is -0.341 e. The van der Waals surface area contributed by atoms with Crippen LogP contribution in [0.5, 0.6) is 0 Å². The van der Waals surface area contributed by atoms with Gasteiger partial charge >= 0.3 is 0 Å². The quantitative estimate of drug-likeness (QED) is 0.528. The van der Waals surface area contributed by atoms with Crippen molar-refractivity contribution < 1.29 is 4.79 Å². The van der Waals surface area contributed by atoms with E-state index in [0.29, 0.717) is 6.42 Å². The van der Waals surface area contributed by atoms with Crippen LogP contribution in [0.15, 0.2) is 29.2 Å². The van der Waals surface area contributed by atoms with Crippen molar-refractivity contribution in [2.75, 3.05) is 6.54 Å². The number of hydrogen-bond acceptors (Lipinski definition) is 5. The van der Waals surface area contributed by atoms with Crippen molar-refractivity contribution in [3.05, 3.63) is 46.2 Å². The highest BCUT2D eigenvalue weighted by Crippen LogP contribution is 2.39. The number of carbonyl (C=O) groups excluding carboxylic acids is 1. The number of aromatic amines is 1. The molecule has 4 heterocycles. The topological polar surface area (TPSA) is 73.9 Å². The summed E-state index contributed by atoms with van der Waals surface area (Å²) in [6, 6.07) is 3.65. The van der Waals surface area contributed by atoms with Gasteiger partial charge in [-0.2, -0.15) is 0 Å². The largest absolute Gasteiger partial charge is 0.341 e. The third kappa shape index (κ3) is 3.11. The number of pyridine rings is 1. The average molecular weight is 379 g/mol. The summed E-state index contributed by atoms with van der Waals surface area (Å²) in [6.07, 6.45) is 9.91. The number of H-pyrrole nitrogens is 1. The minimum absolute atomic E-state index is 0.182. The fraction of sp³-hybridized carbons (Fsp3) is 0.350. The Balaban J connectivity index is 1.86. The van der Waals surface area contributed by atoms with E-state index < -0.39 is 0 Å². The number of carbonyl (C=O) groups is 1. The number of terminal acetylenes is 1. The normalized spacial score (nSPS) is 19.0. The van der Waals surface area contributed by atoms with Crippen molar-refractivity contribution in [2.24, 2.45) is 0 Å². The van der Waals surface area contributed by atoms with Gasteiger partial charge in [-0.15, -0.1) is 17.8 Å². The molecule has 3 aromatic rings. The first-order chi connectivity index (χ1) is 13.2. The lowest BCUT2D eigenvalue weighted by atomic mass is 9.93. The number of nitrogens with zero attached hydrogens (tertiary/aromatic N) is 3. The highest BCUT2D eigenvalue weighted by molar-refractivity contribution is 7.07. The molecule has 4 rings (SSSR count). The monoisotopic (exact) mass is 379 g/mol. The van der Waals surface area contributed by atoms with Gasteiger partial charge < -0.3 is 9.88 Å². The van der Waals surface area contributed by atoms with Crippen LogP contribution in [-0.4, -0.2) is 38.5 Å². The molecule has 1 amide bonds. The molecule has 6 nitrogen and oxygen atoms in total. The van der Waals surface area contributed by atoms with Crippen LogP contribution in [0.1, 0.15) is 42.8 Å². The third-order valence-corrected chi connectivity index (χ3v) is 5.60. The molecule has 27 heavy (non-hydrogen) atoms. The van der Waals surface area contributed by atoms with Crippen LogP contribution in [0.3, 0.4) is 0 Å². The van der Waals surface area contributed by atoms with Gasteiger partial charge in [0.25, 0.3) is 5.91 Å². The molecule has 1 aliphatic rings. The summed E-state index contributed by atoms with van der Waals surface area (Å²) >= 11 is 1.51. The zero-order valence-corrected chi connectivity index (χ0v) is 15.9. The van der Waals surface area contributed by atoms with E-state index in [4.69, 9.17) is 6.42 Å². The Hall–Kier alpha value is -2.69. The summed E-state index contributed by atoms with van der Waals surface area (Å²) in [4.78, 5) is 26.9. The van der Waals surface area contributed by atoms with E-state index in [1.807, 2.05) is 11.4 Å². The molecule has 2 N–H and O–H groups in total. The number of nitrogens with one attached hydrogen (secondary N) is 2. The van der Waals surface area contributed by atoms with Gasteiger partial charge in [0.05, 0.1) is 17.4 Å². The van der Waals surface area contributed by atoms with E-state index in [0.717, 1.165) is 41.8 Å². The zero-order valence-electron chi connectivity index (χ0n) is 15.1. The molecular formula is C20H21N5OS. The second-order valence-electron chi connectivity index (χ2n) is 6.62. The van der Waals surface area contributed by atoms with Crippen LogP contribution in [0.4, 0.5) is 0 Å². The lowest BCUT2D eigenvalue weighted by molar-refractivity contribution is -0.130. The molecule has 0 spiro atoms. The minimum atomic E-state index is -0.350. The second kappa shape index (κ2) is 7.51. The average Bonchev–Trinajstić information content (AvgIpc) is 3.34. The van der Waals surface area contributed by atoms with Crippen molar-refractivity contribution in [1.82, 2.24) is 25.2 Å². The van der Waals surface area contributed by atoms with Crippen molar-refractivity contribution in [2.45, 2.75) is 38.4 Å². The smallest absolute Gasteiger partial charge is 0.300 e. The molecule has 7 heteroatoms. The lowest BCUT2D eigenvalue weighted by Crippen LogP contribution is -2.54. The second-order valence-corrected chi connectivity index (χ2v) is 7.34. The standard InChI is InChI=1S/C20H21N5OS/c1-3-5-8-21-16-10-14-13-7-6-9-22-20(13)24-18(14)19(15-11-27-12-23-15)25(16)17(26)4-2/h2,6-7,9,11-12,16,19,21H,3,5,8,10H2,1H3,(H,22,24)/t16-,19+/m1/s1. The summed E-state index contributed by atoms with van der Waals surface area (Å²) in [5.74, 6) is 1.97. The molecule has 0 aliphatic carbocycles. The predicted molar refractivity (Wildman–Crippen MR) is 106 cm³/mol. The highest BCUT2D eigenvalue weighted by Gasteiger charge is 2.40. The molecule has 2 atom stereocenters. The van der Waals surface area contributed by atoms with Crippen LogP contribution in [0.2, 0.25) is 0 Å². The van der Waals surface area contributed by atoms with Gasteiger partial charge in [0.1, 0.15) is 11.7 Å². The van der Waals surface area contributed by atoms with Gasteiger partial charge in [-0.1, -0.05) is 13.3 Å². The summed E-state index contributed by atoms with van der Waals surface area (Å²) in [5, 5.41) is 6.58. The summed E-state index contributed by atoms with van der Waals surface area (Å²) < 4.78 is 0. The van der Waals surface area contributed by atoms with E-state index in [-0.39, 0.29) is 18.1 Å². The van der Waals surface area contributed by atoms with E-state index >= 15 is 0 Å². The number of hydrogen-bond donors (Lipinski definition) is 2. The van der Waals surface area contributed by atoms with E-state index in [1.54, 1.807) is 16.6 Å². The first kappa shape index (κ1) is 17.7. The van der Waals surface area contributed by atoms with Gasteiger partial charge in [-0.05, 0) is 36.6 Å². The van der Waals surface area contributed by atoms with Gasteiger partial charge in [0, 0.05) is 29.1 Å². The van der Waals surface area contributed by atoms with Crippen molar-refractivity contribution in [1.29, 1.82) is 0 Å². The van der Waals surface area contributed by atoms with Crippen molar-refractivity contribution in [3.8, 4) is 12.3 Å². The Labute approximate surface area is 162 Å². The molecule has 3 aromatic heterocycles. The highest BCUT2D eigenvalue weighted by atomic mass is 32.1. The number of aromatic nitrogens is 3. The van der Waals surface area contributed by atoms with E-state index in [1.165, 1.54) is 16.9 Å². The van der Waals surface area contributed by atoms with Crippen LogP contribution in [0.25, 0.3) is 11.0 Å². The summed E-state index contributed by atoms with van der Waals surface area (Å²) in [7, 11) is 0. The Morgan fingerprint density at radius 3 is 3.15 bits per heavy atom. The SMILES string of the molecule is C#CC(=O)N1[C@@H](c2cscn2)c2[nH]c3ncccc3c2C[C@@H]1NCCCC. The number of thiazole rings is 1. The molecule has 0 fully saturated rings. The molecule has 0 unspecified atom stereocenters. The molecule has 1 aliphatic heterocycles. The van der Waals surface area contributed by atoms with Gasteiger partial charge in [0.15, 0.2) is 0 Å². The van der Waals surface area contributed by atoms with Gasteiger partial charge in [0.2, 0.25) is 0 Å². The maximum atomic E-state index is 12.7. The molecular weight excluding hydrogens is 358 g/mol. The fourth-order valence-electron chi connectivity index (χ4n) is 3.76. The van der Waals surface area contributed by atoms with E-state index in [9.17, 15) is 4.79 Å². The molecule has 0 radical (unpaired) electrons. The van der Waals surface area contributed by atoms with Crippen LogP contribution >= 0.6 is 11.3 Å². The number of unbranched alkanes of at least 4 members (excludes halogenated alkanes) is 1. The molecule has 0 saturated heterocycles. The van der Waals surface area contributed by atoms with Crippen molar-refractivity contribution in [3.63, 3.8) is 0 Å². The van der Waals surface area contributed by atoms with Gasteiger partial charge in [-0.3, -0.25) is 10.1 Å². The predicted octanol–water partition coefficient (Wildman–Crippen LogP) is 2.84. The third-order valence-electron chi connectivity index (χ3n) is 5.00. The molecule has 0 bridgehead atoms. The van der Waals surface area contributed by atoms with Crippen molar-refractivity contribution >= 4 is 28.3 Å². The van der Waals surface area contributed by atoms with E-state index in [2.05, 4.69) is 39.2 Å². The first-order valence-corrected chi connectivity index (χ1v) is 10.0. The Kier molecular flexibility index (Phi) is 4.92. The Morgan fingerprint density at radius 1 is 1.52 bits per heavy atom. The lowest BCUT2D eigenvalue weighted by Gasteiger charge is -2.40. The maximum absolute atomic E-state index is 12.7. The zero-order chi connectivity index (χ0) is 18.8. The van der Waals surface area contributed by atoms with Crippen LogP contribution in [-0.2, 0) is 11.2 Å². The van der Waals surface area contributed by atoms with Crippen LogP contribution < -0.4 is 5.32 Å². The molecule has 0 aromatic carbocycles. The van der Waals surface area contributed by atoms with Gasteiger partial charge in [-0.25, -0.2) is 9.97 Å². The number of amides is 1. The molecule has 0 saturated carbocycles. The van der Waals surface area contributed by atoms with Crippen LogP contribution in [0, 0.1) is 12.3 Å². The molecule has 138 valence electrons. The summed E-state index contributed by atoms with van der Waals surface area (Å²) in [5.41, 5.74) is 5.55. The Bertz CT molecular complexity index is 988. The fourth-order valence-corrected chi connectivity index (χ4v) is 4.33. The number of fused-ring (bicyclic) bond motifs is 3. The summed E-state index contributed by atoms with van der Waals surface area (Å²) in [6.45, 7) is 2.98. The Morgan fingerprint density at radius 2 is 2.41 bits per heavy atom. The maximum Gasteiger partial charge on any atom is 0.300 e. The first-order valence-electron chi connectivity index (χ1n) is 9.10.